The number of carbonyl (C=O) groups excluding carboxylic acids is 1. The van der Waals surface area contributed by atoms with Crippen molar-refractivity contribution in [1.82, 2.24) is 4.98 Å². The number of para-hydroxylation sites is 1. The van der Waals surface area contributed by atoms with Crippen LogP contribution in [0.25, 0.3) is 10.9 Å². The van der Waals surface area contributed by atoms with E-state index < -0.39 is 5.91 Å². The van der Waals surface area contributed by atoms with Gasteiger partial charge in [0, 0.05) is 22.5 Å². The standard InChI is InChI=1S/C19H19N3O3S/c1-24-15-8-11-14(9-16(15)25-2)21-10-12(19(20)23)18(11)22-13-6-4-5-7-17(13)26-3/h4-10H,1-3H3,(H2,20,23)(H,21,22). The number of hydrogen-bond acceptors (Lipinski definition) is 6. The maximum absolute atomic E-state index is 12.0. The van der Waals surface area contributed by atoms with Crippen LogP contribution in [0.15, 0.2) is 47.5 Å². The molecule has 0 atom stereocenters. The van der Waals surface area contributed by atoms with Crippen molar-refractivity contribution in [2.75, 3.05) is 25.8 Å². The van der Waals surface area contributed by atoms with Crippen LogP contribution in [-0.2, 0) is 0 Å². The third-order valence-electron chi connectivity index (χ3n) is 4.01. The zero-order chi connectivity index (χ0) is 18.7. The maximum atomic E-state index is 12.0. The van der Waals surface area contributed by atoms with Crippen LogP contribution in [0.3, 0.4) is 0 Å². The number of primary amides is 1. The van der Waals surface area contributed by atoms with Crippen LogP contribution < -0.4 is 20.5 Å². The van der Waals surface area contributed by atoms with Gasteiger partial charge in [0.25, 0.3) is 5.91 Å². The molecule has 1 aromatic heterocycles. The predicted molar refractivity (Wildman–Crippen MR) is 105 cm³/mol. The first-order chi connectivity index (χ1) is 12.6. The van der Waals surface area contributed by atoms with Gasteiger partial charge in [-0.05, 0) is 24.5 Å². The smallest absolute Gasteiger partial charge is 0.252 e. The van der Waals surface area contributed by atoms with Crippen molar-refractivity contribution in [2.45, 2.75) is 4.90 Å². The Morgan fingerprint density at radius 2 is 1.85 bits per heavy atom. The van der Waals surface area contributed by atoms with Gasteiger partial charge in [0.05, 0.1) is 36.7 Å². The minimum Gasteiger partial charge on any atom is -0.493 e. The summed E-state index contributed by atoms with van der Waals surface area (Å²) in [4.78, 5) is 17.4. The fourth-order valence-corrected chi connectivity index (χ4v) is 3.28. The highest BCUT2D eigenvalue weighted by molar-refractivity contribution is 7.98. The van der Waals surface area contributed by atoms with Crippen molar-refractivity contribution in [3.63, 3.8) is 0 Å². The molecule has 0 radical (unpaired) electrons. The Hall–Kier alpha value is -2.93. The molecule has 0 spiro atoms. The highest BCUT2D eigenvalue weighted by atomic mass is 32.2. The van der Waals surface area contributed by atoms with Gasteiger partial charge in [-0.1, -0.05) is 12.1 Å². The van der Waals surface area contributed by atoms with Crippen molar-refractivity contribution >= 4 is 39.9 Å². The molecule has 26 heavy (non-hydrogen) atoms. The summed E-state index contributed by atoms with van der Waals surface area (Å²) in [6.07, 6.45) is 3.47. The molecule has 0 aliphatic rings. The molecule has 0 unspecified atom stereocenters. The van der Waals surface area contributed by atoms with Crippen molar-refractivity contribution in [1.29, 1.82) is 0 Å². The Balaban J connectivity index is 2.26. The number of ether oxygens (including phenoxy) is 2. The molecule has 0 fully saturated rings. The van der Waals surface area contributed by atoms with E-state index in [0.29, 0.717) is 28.3 Å². The molecule has 0 aliphatic heterocycles. The van der Waals surface area contributed by atoms with E-state index in [-0.39, 0.29) is 0 Å². The number of rotatable bonds is 6. The van der Waals surface area contributed by atoms with Gasteiger partial charge in [-0.2, -0.15) is 0 Å². The number of amides is 1. The molecule has 3 rings (SSSR count). The number of hydrogen-bond donors (Lipinski definition) is 2. The van der Waals surface area contributed by atoms with Gasteiger partial charge in [-0.25, -0.2) is 0 Å². The van der Waals surface area contributed by atoms with Crippen LogP contribution in [0.5, 0.6) is 11.5 Å². The van der Waals surface area contributed by atoms with Crippen molar-refractivity contribution in [2.24, 2.45) is 5.73 Å². The van der Waals surface area contributed by atoms with E-state index in [1.54, 1.807) is 38.1 Å². The second kappa shape index (κ2) is 7.53. The monoisotopic (exact) mass is 369 g/mol. The van der Waals surface area contributed by atoms with Crippen molar-refractivity contribution in [3.05, 3.63) is 48.2 Å². The van der Waals surface area contributed by atoms with Crippen LogP contribution in [0.1, 0.15) is 10.4 Å². The summed E-state index contributed by atoms with van der Waals surface area (Å²) in [6.45, 7) is 0. The summed E-state index contributed by atoms with van der Waals surface area (Å²) >= 11 is 1.61. The molecule has 2 aromatic carbocycles. The summed E-state index contributed by atoms with van der Waals surface area (Å²) in [5.74, 6) is 0.553. The van der Waals surface area contributed by atoms with Gasteiger partial charge in [0.2, 0.25) is 0 Å². The number of pyridine rings is 1. The molecule has 1 heterocycles. The lowest BCUT2D eigenvalue weighted by molar-refractivity contribution is 0.100. The van der Waals surface area contributed by atoms with Gasteiger partial charge in [0.1, 0.15) is 0 Å². The first-order valence-electron chi connectivity index (χ1n) is 7.83. The summed E-state index contributed by atoms with van der Waals surface area (Å²) in [5, 5.41) is 4.06. The molecular weight excluding hydrogens is 350 g/mol. The fourth-order valence-electron chi connectivity index (χ4n) is 2.72. The quantitative estimate of drug-likeness (QED) is 0.643. The Labute approximate surface area is 155 Å². The van der Waals surface area contributed by atoms with E-state index in [1.165, 1.54) is 6.20 Å². The van der Waals surface area contributed by atoms with E-state index in [9.17, 15) is 4.79 Å². The van der Waals surface area contributed by atoms with Crippen LogP contribution in [-0.4, -0.2) is 31.4 Å². The highest BCUT2D eigenvalue weighted by Crippen LogP contribution is 2.38. The zero-order valence-electron chi connectivity index (χ0n) is 14.7. The third kappa shape index (κ3) is 3.25. The number of thioether (sulfide) groups is 1. The Kier molecular flexibility index (Phi) is 5.18. The van der Waals surface area contributed by atoms with Crippen LogP contribution >= 0.6 is 11.8 Å². The number of nitrogens with two attached hydrogens (primary N) is 1. The lowest BCUT2D eigenvalue weighted by Crippen LogP contribution is -2.14. The molecule has 0 aliphatic carbocycles. The topological polar surface area (TPSA) is 86.5 Å². The molecule has 0 saturated heterocycles. The van der Waals surface area contributed by atoms with E-state index in [4.69, 9.17) is 15.2 Å². The van der Waals surface area contributed by atoms with E-state index in [1.807, 2.05) is 30.5 Å². The second-order valence-electron chi connectivity index (χ2n) is 5.46. The number of nitrogens with zero attached hydrogens (tertiary/aromatic N) is 1. The van der Waals surface area contributed by atoms with Gasteiger partial charge < -0.3 is 20.5 Å². The Bertz CT molecular complexity index is 976. The minimum absolute atomic E-state index is 0.306. The number of anilines is 2. The Morgan fingerprint density at radius 1 is 1.15 bits per heavy atom. The van der Waals surface area contributed by atoms with Gasteiger partial charge in [-0.15, -0.1) is 11.8 Å². The predicted octanol–water partition coefficient (Wildman–Crippen LogP) is 3.82. The SMILES string of the molecule is COc1cc2ncc(C(N)=O)c(Nc3ccccc3SC)c2cc1OC. The molecule has 3 aromatic rings. The molecule has 1 amide bonds. The van der Waals surface area contributed by atoms with E-state index in [2.05, 4.69) is 10.3 Å². The molecule has 6 nitrogen and oxygen atoms in total. The summed E-state index contributed by atoms with van der Waals surface area (Å²) in [6, 6.07) is 11.4. The summed E-state index contributed by atoms with van der Waals surface area (Å²) in [7, 11) is 3.13. The zero-order valence-corrected chi connectivity index (χ0v) is 15.5. The van der Waals surface area contributed by atoms with E-state index >= 15 is 0 Å². The number of fused-ring (bicyclic) bond motifs is 1. The fraction of sp³-hybridized carbons (Fsp3) is 0.158. The normalized spacial score (nSPS) is 10.6. The molecule has 0 saturated carbocycles. The molecule has 0 bridgehead atoms. The maximum Gasteiger partial charge on any atom is 0.252 e. The largest absolute Gasteiger partial charge is 0.493 e. The minimum atomic E-state index is -0.557. The average molecular weight is 369 g/mol. The molecule has 134 valence electrons. The average Bonchev–Trinajstić information content (AvgIpc) is 2.67. The Morgan fingerprint density at radius 3 is 2.50 bits per heavy atom. The number of benzene rings is 2. The second-order valence-corrected chi connectivity index (χ2v) is 6.31. The van der Waals surface area contributed by atoms with Gasteiger partial charge in [0.15, 0.2) is 11.5 Å². The van der Waals surface area contributed by atoms with Crippen LogP contribution in [0, 0.1) is 0 Å². The number of carbonyl (C=O) groups is 1. The first kappa shape index (κ1) is 17.9. The molecule has 3 N–H and O–H groups in total. The summed E-state index contributed by atoms with van der Waals surface area (Å²) < 4.78 is 10.7. The lowest BCUT2D eigenvalue weighted by atomic mass is 10.1. The summed E-state index contributed by atoms with van der Waals surface area (Å²) in [5.41, 5.74) is 8.01. The highest BCUT2D eigenvalue weighted by Gasteiger charge is 2.17. The van der Waals surface area contributed by atoms with Crippen LogP contribution in [0.4, 0.5) is 11.4 Å². The van der Waals surface area contributed by atoms with Crippen LogP contribution in [0.2, 0.25) is 0 Å². The number of methoxy groups -OCH3 is 2. The van der Waals surface area contributed by atoms with Crippen molar-refractivity contribution in [3.8, 4) is 11.5 Å². The first-order valence-corrected chi connectivity index (χ1v) is 9.06. The van der Waals surface area contributed by atoms with Gasteiger partial charge in [-0.3, -0.25) is 9.78 Å². The number of nitrogens with one attached hydrogen (secondary N) is 1. The lowest BCUT2D eigenvalue weighted by Gasteiger charge is -2.17. The van der Waals surface area contributed by atoms with E-state index in [0.717, 1.165) is 16.0 Å². The van der Waals surface area contributed by atoms with Crippen molar-refractivity contribution < 1.29 is 14.3 Å². The third-order valence-corrected chi connectivity index (χ3v) is 4.80. The number of aromatic nitrogens is 1. The molecule has 7 heteroatoms. The van der Waals surface area contributed by atoms with Gasteiger partial charge >= 0.3 is 0 Å². The molecular formula is C19H19N3O3S.